The Kier molecular flexibility index (Phi) is 3.89. The molecule has 3 fully saturated rings. The quantitative estimate of drug-likeness (QED) is 0.848. The lowest BCUT2D eigenvalue weighted by atomic mass is 9.57. The summed E-state index contributed by atoms with van der Waals surface area (Å²) in [6.07, 6.45) is 0.425. The van der Waals surface area contributed by atoms with Crippen molar-refractivity contribution in [2.75, 3.05) is 13.1 Å². The van der Waals surface area contributed by atoms with Crippen LogP contribution in [0.2, 0.25) is 0 Å². The highest BCUT2D eigenvalue weighted by molar-refractivity contribution is 5.81. The van der Waals surface area contributed by atoms with Gasteiger partial charge in [-0.15, -0.1) is 0 Å². The third-order valence-corrected chi connectivity index (χ3v) is 6.89. The molecule has 1 amide bonds. The fraction of sp³-hybridized carbons (Fsp3) is 0.619. The van der Waals surface area contributed by atoms with Gasteiger partial charge in [0.2, 0.25) is 5.91 Å². The van der Waals surface area contributed by atoms with E-state index < -0.39 is 17.5 Å². The Bertz CT molecular complexity index is 959. The van der Waals surface area contributed by atoms with E-state index in [1.165, 1.54) is 6.07 Å². The molecule has 1 saturated heterocycles. The molecule has 0 unspecified atom stereocenters. The second-order valence-corrected chi connectivity index (χ2v) is 9.65. The van der Waals surface area contributed by atoms with Crippen molar-refractivity contribution >= 4 is 16.9 Å². The molecule has 3 aliphatic rings. The first-order chi connectivity index (χ1) is 13.5. The van der Waals surface area contributed by atoms with Crippen LogP contribution in [0.4, 0.5) is 13.2 Å². The Morgan fingerprint density at radius 2 is 1.90 bits per heavy atom. The van der Waals surface area contributed by atoms with Gasteiger partial charge in [-0.2, -0.15) is 13.2 Å². The standard InChI is InChI=1S/C21H24F3N3O2/c1-19(29)8-15(9-19)18(28)27-11-20(12-27)6-13(7-20)10-26-5-4-14-2-3-16(21(22,23)24)25-17(14)26/h2-5,13,15,29H,6-12H2,1H3/t15-,19+. The van der Waals surface area contributed by atoms with E-state index in [9.17, 15) is 23.1 Å². The Balaban J connectivity index is 1.17. The summed E-state index contributed by atoms with van der Waals surface area (Å²) in [5.41, 5.74) is -0.995. The molecule has 5 nitrogen and oxygen atoms in total. The number of carbonyl (C=O) groups is 1. The van der Waals surface area contributed by atoms with Crippen molar-refractivity contribution in [1.82, 2.24) is 14.5 Å². The number of carbonyl (C=O) groups excluding carboxylic acids is 1. The normalized spacial score (nSPS) is 28.9. The van der Waals surface area contributed by atoms with Gasteiger partial charge in [-0.25, -0.2) is 4.98 Å². The van der Waals surface area contributed by atoms with E-state index >= 15 is 0 Å². The first-order valence-corrected chi connectivity index (χ1v) is 10.1. The van der Waals surface area contributed by atoms with Gasteiger partial charge in [0.1, 0.15) is 11.3 Å². The smallest absolute Gasteiger partial charge is 0.390 e. The Morgan fingerprint density at radius 3 is 2.52 bits per heavy atom. The molecule has 0 bridgehead atoms. The summed E-state index contributed by atoms with van der Waals surface area (Å²) in [6, 6.07) is 4.29. The van der Waals surface area contributed by atoms with E-state index in [0.29, 0.717) is 36.3 Å². The molecule has 3 heterocycles. The minimum atomic E-state index is -4.44. The van der Waals surface area contributed by atoms with Gasteiger partial charge in [0.15, 0.2) is 0 Å². The highest BCUT2D eigenvalue weighted by atomic mass is 19.4. The Labute approximate surface area is 166 Å². The Morgan fingerprint density at radius 1 is 1.21 bits per heavy atom. The van der Waals surface area contributed by atoms with Gasteiger partial charge in [0.05, 0.1) is 5.60 Å². The largest absolute Gasteiger partial charge is 0.433 e. The summed E-state index contributed by atoms with van der Waals surface area (Å²) >= 11 is 0. The average Bonchev–Trinajstić information content (AvgIpc) is 2.94. The van der Waals surface area contributed by atoms with E-state index in [4.69, 9.17) is 0 Å². The van der Waals surface area contributed by atoms with Gasteiger partial charge in [-0.05, 0) is 56.7 Å². The van der Waals surface area contributed by atoms with E-state index in [-0.39, 0.29) is 17.2 Å². The second-order valence-electron chi connectivity index (χ2n) is 9.65. The van der Waals surface area contributed by atoms with Crippen molar-refractivity contribution in [3.63, 3.8) is 0 Å². The van der Waals surface area contributed by atoms with Crippen molar-refractivity contribution in [1.29, 1.82) is 0 Å². The number of fused-ring (bicyclic) bond motifs is 1. The number of amides is 1. The van der Waals surface area contributed by atoms with Gasteiger partial charge >= 0.3 is 6.18 Å². The fourth-order valence-corrected chi connectivity index (χ4v) is 5.55. The SMILES string of the molecule is C[C@]1(O)C[C@@H](C(=O)N2CC3(CC(Cn4ccc5ccc(C(F)(F)F)nc54)C3)C2)C1. The van der Waals surface area contributed by atoms with Gasteiger partial charge < -0.3 is 14.6 Å². The molecular formula is C21H24F3N3O2. The predicted octanol–water partition coefficient (Wildman–Crippen LogP) is 3.45. The number of pyridine rings is 1. The number of nitrogens with zero attached hydrogens (tertiary/aromatic N) is 3. The van der Waals surface area contributed by atoms with Crippen LogP contribution in [0.5, 0.6) is 0 Å². The summed E-state index contributed by atoms with van der Waals surface area (Å²) < 4.78 is 40.7. The van der Waals surface area contributed by atoms with Crippen LogP contribution in [0.1, 0.15) is 38.3 Å². The number of rotatable bonds is 3. The fourth-order valence-electron chi connectivity index (χ4n) is 5.55. The van der Waals surface area contributed by atoms with Crippen LogP contribution in [0, 0.1) is 17.3 Å². The van der Waals surface area contributed by atoms with Crippen LogP contribution in [-0.4, -0.2) is 44.2 Å². The number of aromatic nitrogens is 2. The molecule has 1 aliphatic heterocycles. The zero-order chi connectivity index (χ0) is 20.6. The topological polar surface area (TPSA) is 58.4 Å². The minimum absolute atomic E-state index is 0.0432. The highest BCUT2D eigenvalue weighted by Gasteiger charge is 2.55. The monoisotopic (exact) mass is 407 g/mol. The molecule has 1 spiro atoms. The van der Waals surface area contributed by atoms with Crippen molar-refractivity contribution < 1.29 is 23.1 Å². The summed E-state index contributed by atoms with van der Waals surface area (Å²) in [5, 5.41) is 10.5. The zero-order valence-corrected chi connectivity index (χ0v) is 16.2. The lowest BCUT2D eigenvalue weighted by Crippen LogP contribution is -2.66. The number of aliphatic hydroxyl groups is 1. The molecule has 1 N–H and O–H groups in total. The van der Waals surface area contributed by atoms with E-state index in [1.54, 1.807) is 13.0 Å². The molecule has 2 saturated carbocycles. The molecule has 156 valence electrons. The first-order valence-electron chi connectivity index (χ1n) is 10.1. The van der Waals surface area contributed by atoms with E-state index in [2.05, 4.69) is 4.98 Å². The van der Waals surface area contributed by atoms with Crippen LogP contribution in [0.3, 0.4) is 0 Å². The molecule has 29 heavy (non-hydrogen) atoms. The summed E-state index contributed by atoms with van der Waals surface area (Å²) in [5.74, 6) is 0.507. The van der Waals surface area contributed by atoms with Crippen LogP contribution >= 0.6 is 0 Å². The number of alkyl halides is 3. The summed E-state index contributed by atoms with van der Waals surface area (Å²) in [7, 11) is 0. The predicted molar refractivity (Wildman–Crippen MR) is 99.8 cm³/mol. The molecule has 0 radical (unpaired) electrons. The van der Waals surface area contributed by atoms with Crippen molar-refractivity contribution in [2.45, 2.75) is 50.9 Å². The molecule has 2 aliphatic carbocycles. The average molecular weight is 407 g/mol. The third kappa shape index (κ3) is 3.21. The second kappa shape index (κ2) is 5.97. The first kappa shape index (κ1) is 18.9. The lowest BCUT2D eigenvalue weighted by molar-refractivity contribution is -0.171. The van der Waals surface area contributed by atoms with Crippen molar-refractivity contribution in [3.05, 3.63) is 30.1 Å². The molecular weight excluding hydrogens is 383 g/mol. The van der Waals surface area contributed by atoms with Gasteiger partial charge in [-0.1, -0.05) is 0 Å². The minimum Gasteiger partial charge on any atom is -0.390 e. The molecule has 8 heteroatoms. The maximum atomic E-state index is 13.0. The summed E-state index contributed by atoms with van der Waals surface area (Å²) in [6.45, 7) is 3.95. The van der Waals surface area contributed by atoms with Crippen LogP contribution < -0.4 is 0 Å². The number of halogens is 3. The highest BCUT2D eigenvalue weighted by Crippen LogP contribution is 2.53. The lowest BCUT2D eigenvalue weighted by Gasteiger charge is -2.60. The molecule has 2 aromatic rings. The van der Waals surface area contributed by atoms with Crippen LogP contribution in [-0.2, 0) is 17.5 Å². The third-order valence-electron chi connectivity index (χ3n) is 6.89. The molecule has 5 rings (SSSR count). The van der Waals surface area contributed by atoms with Gasteiger partial charge in [-0.3, -0.25) is 4.79 Å². The number of hydrogen-bond donors (Lipinski definition) is 1. The van der Waals surface area contributed by atoms with E-state index in [1.807, 2.05) is 15.7 Å². The van der Waals surface area contributed by atoms with Crippen molar-refractivity contribution in [2.24, 2.45) is 17.3 Å². The number of hydrogen-bond acceptors (Lipinski definition) is 3. The van der Waals surface area contributed by atoms with Gasteiger partial charge in [0.25, 0.3) is 0 Å². The number of likely N-dealkylation sites (tertiary alicyclic amines) is 1. The molecule has 0 atom stereocenters. The van der Waals surface area contributed by atoms with E-state index in [0.717, 1.165) is 32.0 Å². The van der Waals surface area contributed by atoms with Crippen LogP contribution in [0.25, 0.3) is 11.0 Å². The Hall–Kier alpha value is -2.09. The van der Waals surface area contributed by atoms with Crippen LogP contribution in [0.15, 0.2) is 24.4 Å². The maximum absolute atomic E-state index is 13.0. The van der Waals surface area contributed by atoms with Gasteiger partial charge in [0, 0.05) is 42.6 Å². The zero-order valence-electron chi connectivity index (χ0n) is 16.2. The van der Waals surface area contributed by atoms with Crippen molar-refractivity contribution in [3.8, 4) is 0 Å². The molecule has 2 aromatic heterocycles. The maximum Gasteiger partial charge on any atom is 0.433 e. The molecule has 0 aromatic carbocycles. The summed E-state index contributed by atoms with van der Waals surface area (Å²) in [4.78, 5) is 18.2.